The highest BCUT2D eigenvalue weighted by atomic mass is 16.5. The van der Waals surface area contributed by atoms with E-state index in [1.807, 2.05) is 37.4 Å². The molecule has 1 aliphatic heterocycles. The van der Waals surface area contributed by atoms with Gasteiger partial charge in [0.2, 0.25) is 5.91 Å². The summed E-state index contributed by atoms with van der Waals surface area (Å²) < 4.78 is 22.2. The first kappa shape index (κ1) is 50.7. The van der Waals surface area contributed by atoms with Crippen molar-refractivity contribution < 1.29 is 38.1 Å². The number of aromatic nitrogens is 1. The first-order chi connectivity index (χ1) is 32.6. The number of fused-ring (bicyclic) bond motifs is 1. The number of aryl methyl sites for hydroxylation is 1. The van der Waals surface area contributed by atoms with E-state index < -0.39 is 0 Å². The number of amides is 4. The Balaban J connectivity index is 0.952. The van der Waals surface area contributed by atoms with Crippen LogP contribution in [0.25, 0.3) is 11.3 Å². The first-order valence-electron chi connectivity index (χ1n) is 23.8. The summed E-state index contributed by atoms with van der Waals surface area (Å²) in [5.74, 6) is -0.638. The first-order valence-corrected chi connectivity index (χ1v) is 23.8. The van der Waals surface area contributed by atoms with E-state index in [9.17, 15) is 19.2 Å². The molecule has 0 saturated carbocycles. The lowest BCUT2D eigenvalue weighted by Gasteiger charge is -2.26. The Morgan fingerprint density at radius 1 is 0.731 bits per heavy atom. The van der Waals surface area contributed by atoms with E-state index in [1.54, 1.807) is 54.5 Å². The third-order valence-electron chi connectivity index (χ3n) is 12.4. The molecule has 4 aromatic rings. The number of benzene rings is 3. The van der Waals surface area contributed by atoms with E-state index in [1.165, 1.54) is 5.56 Å². The highest BCUT2D eigenvalue weighted by Gasteiger charge is 2.24. The van der Waals surface area contributed by atoms with Crippen molar-refractivity contribution in [1.82, 2.24) is 25.4 Å². The van der Waals surface area contributed by atoms with E-state index >= 15 is 0 Å². The smallest absolute Gasteiger partial charge is 0.255 e. The van der Waals surface area contributed by atoms with Gasteiger partial charge in [-0.05, 0) is 113 Å². The van der Waals surface area contributed by atoms with Crippen LogP contribution in [0.2, 0.25) is 0 Å². The summed E-state index contributed by atoms with van der Waals surface area (Å²) in [6.45, 7) is 12.1. The number of carbonyl (C=O) groups is 4. The van der Waals surface area contributed by atoms with Gasteiger partial charge in [0.05, 0.1) is 57.1 Å². The highest BCUT2D eigenvalue weighted by Crippen LogP contribution is 2.33. The lowest BCUT2D eigenvalue weighted by atomic mass is 9.87. The van der Waals surface area contributed by atoms with Crippen LogP contribution >= 0.6 is 0 Å². The zero-order chi connectivity index (χ0) is 47.4. The van der Waals surface area contributed by atoms with Gasteiger partial charge >= 0.3 is 0 Å². The summed E-state index contributed by atoms with van der Waals surface area (Å²) >= 11 is 0. The van der Waals surface area contributed by atoms with Crippen LogP contribution < -0.4 is 20.9 Å². The minimum Gasteiger partial charge on any atom is -0.381 e. The number of likely N-dealkylation sites (N-methyl/N-ethyl adjacent to an activating group) is 2. The fourth-order valence-electron chi connectivity index (χ4n) is 8.36. The molecule has 67 heavy (non-hydrogen) atoms. The Labute approximate surface area is 395 Å². The molecule has 0 bridgehead atoms. The zero-order valence-electron chi connectivity index (χ0n) is 39.7. The van der Waals surface area contributed by atoms with Crippen molar-refractivity contribution in [2.75, 3.05) is 116 Å². The summed E-state index contributed by atoms with van der Waals surface area (Å²) in [4.78, 5) is 64.0. The monoisotopic (exact) mass is 920 g/mol. The second-order valence-corrected chi connectivity index (χ2v) is 17.0. The van der Waals surface area contributed by atoms with Crippen molar-refractivity contribution in [3.8, 4) is 11.3 Å². The van der Waals surface area contributed by atoms with E-state index in [4.69, 9.17) is 18.9 Å². The Morgan fingerprint density at radius 2 is 1.45 bits per heavy atom. The zero-order valence-corrected chi connectivity index (χ0v) is 39.7. The molecule has 6 rings (SSSR count). The fraction of sp³-hybridized carbons (Fsp3) is 0.481. The molecule has 1 fully saturated rings. The number of carbonyl (C=O) groups excluding carboxylic acids is 4. The number of nitrogens with zero attached hydrogens (tertiary/aromatic N) is 4. The second kappa shape index (κ2) is 26.6. The van der Waals surface area contributed by atoms with Crippen LogP contribution in [0.1, 0.15) is 87.8 Å². The maximum absolute atomic E-state index is 13.9. The quantitative estimate of drug-likeness (QED) is 0.0645. The van der Waals surface area contributed by atoms with Crippen LogP contribution in [0.3, 0.4) is 0 Å². The van der Waals surface area contributed by atoms with E-state index in [-0.39, 0.29) is 35.6 Å². The fourth-order valence-corrected chi connectivity index (χ4v) is 8.36. The molecule has 1 atom stereocenters. The average Bonchev–Trinajstić information content (AvgIpc) is 3.36. The molecule has 1 saturated heterocycles. The Bertz CT molecular complexity index is 2230. The molecule has 2 heterocycles. The number of ether oxygens (including phenoxy) is 4. The molecule has 0 unspecified atom stereocenters. The van der Waals surface area contributed by atoms with Gasteiger partial charge < -0.3 is 49.6 Å². The van der Waals surface area contributed by atoms with Crippen molar-refractivity contribution >= 4 is 35.0 Å². The van der Waals surface area contributed by atoms with Crippen LogP contribution in [0.15, 0.2) is 85.1 Å². The van der Waals surface area contributed by atoms with Crippen molar-refractivity contribution in [3.63, 3.8) is 0 Å². The maximum atomic E-state index is 13.9. The van der Waals surface area contributed by atoms with Crippen molar-refractivity contribution in [3.05, 3.63) is 113 Å². The van der Waals surface area contributed by atoms with Gasteiger partial charge in [0, 0.05) is 99.6 Å². The number of hydrogen-bond donors (Lipinski definition) is 3. The molecule has 360 valence electrons. The molecule has 3 N–H and O–H groups in total. The molecule has 0 radical (unpaired) electrons. The lowest BCUT2D eigenvalue weighted by Crippen LogP contribution is -2.36. The largest absolute Gasteiger partial charge is 0.381 e. The normalized spacial score (nSPS) is 14.9. The van der Waals surface area contributed by atoms with E-state index in [2.05, 4.69) is 56.7 Å². The predicted octanol–water partition coefficient (Wildman–Crippen LogP) is 6.25. The Morgan fingerprint density at radius 3 is 2.22 bits per heavy atom. The number of anilines is 2. The standard InChI is InChI=1S/C52H69N7O8/c1-5-59(6-2)43-17-18-47(45(37-43)48-36-41(19-22-53-48)51(62)55-46-16-10-12-38-11-7-8-15-44(38)46)56-50(61)40-13-9-14-42(35-40)52(63)58(4)25-24-57(3)26-30-66-32-34-67-33-31-65-29-23-54-49(60)39-20-27-64-28-21-39/h7-9,11,13-15,17-19,22,35-37,39,46H,5-6,10,12,16,20-21,23-34H2,1-4H3,(H,54,60)(H,55,62)(H,56,61)/t46-/m0/s1. The molecule has 2 aliphatic rings. The van der Waals surface area contributed by atoms with Crippen LogP contribution in [-0.4, -0.2) is 145 Å². The third-order valence-corrected chi connectivity index (χ3v) is 12.4. The second-order valence-electron chi connectivity index (χ2n) is 17.0. The number of nitrogens with one attached hydrogen (secondary N) is 3. The van der Waals surface area contributed by atoms with Gasteiger partial charge in [-0.25, -0.2) is 0 Å². The molecule has 15 nitrogen and oxygen atoms in total. The molecule has 4 amide bonds. The van der Waals surface area contributed by atoms with Crippen LogP contribution in [-0.2, 0) is 30.2 Å². The summed E-state index contributed by atoms with van der Waals surface area (Å²) in [5, 5.41) is 9.25. The summed E-state index contributed by atoms with van der Waals surface area (Å²) in [6.07, 6.45) is 6.06. The van der Waals surface area contributed by atoms with Crippen LogP contribution in [0, 0.1) is 5.92 Å². The summed E-state index contributed by atoms with van der Waals surface area (Å²) in [6, 6.07) is 24.3. The minimum atomic E-state index is -0.374. The number of hydrogen-bond acceptors (Lipinski definition) is 11. The summed E-state index contributed by atoms with van der Waals surface area (Å²) in [5.41, 5.74) is 6.38. The van der Waals surface area contributed by atoms with Crippen LogP contribution in [0.4, 0.5) is 11.4 Å². The topological polar surface area (TPSA) is 164 Å². The SMILES string of the molecule is CCN(CC)c1ccc(NC(=O)c2cccc(C(=O)N(C)CCN(C)CCOCCOCCOCCNC(=O)C3CCOCC3)c2)c(-c2cc(C(=O)N[C@H]3CCCc4ccccc43)ccn2)c1. The number of pyridine rings is 1. The van der Waals surface area contributed by atoms with Gasteiger partial charge in [-0.15, -0.1) is 0 Å². The van der Waals surface area contributed by atoms with E-state index in [0.29, 0.717) is 113 Å². The summed E-state index contributed by atoms with van der Waals surface area (Å²) in [7, 11) is 3.73. The minimum absolute atomic E-state index is 0.0367. The van der Waals surface area contributed by atoms with Gasteiger partial charge in [-0.2, -0.15) is 0 Å². The van der Waals surface area contributed by atoms with Gasteiger partial charge in [0.15, 0.2) is 0 Å². The molecule has 1 aliphatic carbocycles. The highest BCUT2D eigenvalue weighted by molar-refractivity contribution is 6.08. The van der Waals surface area contributed by atoms with Gasteiger partial charge in [-0.1, -0.05) is 30.3 Å². The predicted molar refractivity (Wildman–Crippen MR) is 261 cm³/mol. The maximum Gasteiger partial charge on any atom is 0.255 e. The number of rotatable bonds is 25. The molecule has 1 aromatic heterocycles. The van der Waals surface area contributed by atoms with Gasteiger partial charge in [-0.3, -0.25) is 24.2 Å². The van der Waals surface area contributed by atoms with E-state index in [0.717, 1.165) is 56.4 Å². The lowest BCUT2D eigenvalue weighted by molar-refractivity contribution is -0.128. The molecule has 3 aromatic carbocycles. The van der Waals surface area contributed by atoms with Crippen molar-refractivity contribution in [2.45, 2.75) is 52.0 Å². The van der Waals surface area contributed by atoms with Crippen LogP contribution in [0.5, 0.6) is 0 Å². The average molecular weight is 920 g/mol. The van der Waals surface area contributed by atoms with Crippen molar-refractivity contribution in [1.29, 1.82) is 0 Å². The third kappa shape index (κ3) is 15.1. The van der Waals surface area contributed by atoms with Gasteiger partial charge in [0.1, 0.15) is 0 Å². The molecule has 15 heteroatoms. The Hall–Kier alpha value is -5.71. The van der Waals surface area contributed by atoms with Gasteiger partial charge in [0.25, 0.3) is 17.7 Å². The molecular weight excluding hydrogens is 851 g/mol. The molecular formula is C52H69N7O8. The Kier molecular flexibility index (Phi) is 20.1. The molecule has 0 spiro atoms. The van der Waals surface area contributed by atoms with Crippen molar-refractivity contribution in [2.24, 2.45) is 5.92 Å².